The standard InChI is InChI=1S/C20H15F2N3O3S/c21-14-4-3-12(7-15(14)22)13-8-16(13)24-18(26)10-25-19(27)17(29-20(25)28)6-11-2-1-5-23-9-11/h1-7,9,13,16H,8,10H2,(H,24,26)/b17-6-/t13-,16+/m0/s1. The molecule has 1 saturated carbocycles. The van der Waals surface area contributed by atoms with Crippen LogP contribution in [0.1, 0.15) is 23.5 Å². The second kappa shape index (κ2) is 7.75. The SMILES string of the molecule is O=C(CN1C(=O)S/C(=C\c2cccnc2)C1=O)N[C@@H]1C[C@H]1c1ccc(F)c(F)c1. The summed E-state index contributed by atoms with van der Waals surface area (Å²) in [6, 6.07) is 6.87. The number of hydrogen-bond donors (Lipinski definition) is 1. The zero-order valence-electron chi connectivity index (χ0n) is 15.0. The van der Waals surface area contributed by atoms with E-state index in [1.807, 2.05) is 0 Å². The predicted molar refractivity (Wildman–Crippen MR) is 103 cm³/mol. The average Bonchev–Trinajstić information content (AvgIpc) is 3.41. The highest BCUT2D eigenvalue weighted by Gasteiger charge is 2.41. The van der Waals surface area contributed by atoms with Gasteiger partial charge in [-0.25, -0.2) is 8.78 Å². The van der Waals surface area contributed by atoms with Gasteiger partial charge in [0.1, 0.15) is 6.54 Å². The molecule has 9 heteroatoms. The molecule has 148 valence electrons. The Morgan fingerprint density at radius 3 is 2.83 bits per heavy atom. The van der Waals surface area contributed by atoms with Gasteiger partial charge in [0.25, 0.3) is 11.1 Å². The minimum Gasteiger partial charge on any atom is -0.351 e. The maximum atomic E-state index is 13.4. The third kappa shape index (κ3) is 4.19. The molecule has 0 spiro atoms. The van der Waals surface area contributed by atoms with Crippen molar-refractivity contribution in [1.82, 2.24) is 15.2 Å². The summed E-state index contributed by atoms with van der Waals surface area (Å²) in [5.41, 5.74) is 1.27. The number of nitrogens with zero attached hydrogens (tertiary/aromatic N) is 2. The van der Waals surface area contributed by atoms with E-state index in [4.69, 9.17) is 0 Å². The molecule has 4 rings (SSSR count). The molecule has 29 heavy (non-hydrogen) atoms. The number of hydrogen-bond acceptors (Lipinski definition) is 5. The molecule has 1 aromatic carbocycles. The Kier molecular flexibility index (Phi) is 5.14. The lowest BCUT2D eigenvalue weighted by atomic mass is 10.1. The van der Waals surface area contributed by atoms with Gasteiger partial charge < -0.3 is 5.32 Å². The summed E-state index contributed by atoms with van der Waals surface area (Å²) in [4.78, 5) is 41.9. The van der Waals surface area contributed by atoms with E-state index < -0.39 is 35.2 Å². The van der Waals surface area contributed by atoms with Gasteiger partial charge in [0.05, 0.1) is 4.91 Å². The van der Waals surface area contributed by atoms with Gasteiger partial charge >= 0.3 is 0 Å². The average molecular weight is 415 g/mol. The van der Waals surface area contributed by atoms with Gasteiger partial charge in [0.2, 0.25) is 5.91 Å². The van der Waals surface area contributed by atoms with Gasteiger partial charge in [-0.15, -0.1) is 0 Å². The van der Waals surface area contributed by atoms with Gasteiger partial charge in [0.15, 0.2) is 11.6 Å². The van der Waals surface area contributed by atoms with Crippen LogP contribution in [0.4, 0.5) is 13.6 Å². The molecule has 1 aromatic heterocycles. The van der Waals surface area contributed by atoms with Crippen molar-refractivity contribution in [3.05, 3.63) is 70.4 Å². The van der Waals surface area contributed by atoms with E-state index in [0.29, 0.717) is 17.5 Å². The highest BCUT2D eigenvalue weighted by atomic mass is 32.2. The fraction of sp³-hybridized carbons (Fsp3) is 0.200. The van der Waals surface area contributed by atoms with Crippen molar-refractivity contribution in [3.8, 4) is 0 Å². The van der Waals surface area contributed by atoms with Gasteiger partial charge in [-0.3, -0.25) is 24.3 Å². The molecule has 0 radical (unpaired) electrons. The number of nitrogens with one attached hydrogen (secondary N) is 1. The molecule has 0 bridgehead atoms. The lowest BCUT2D eigenvalue weighted by Gasteiger charge is -2.12. The van der Waals surface area contributed by atoms with Crippen molar-refractivity contribution >= 4 is 34.9 Å². The van der Waals surface area contributed by atoms with Crippen LogP contribution in [0.15, 0.2) is 47.6 Å². The highest BCUT2D eigenvalue weighted by molar-refractivity contribution is 8.18. The number of aromatic nitrogens is 1. The number of rotatable bonds is 5. The Morgan fingerprint density at radius 1 is 1.28 bits per heavy atom. The first kappa shape index (κ1) is 19.3. The minimum atomic E-state index is -0.933. The zero-order chi connectivity index (χ0) is 20.5. The van der Waals surface area contributed by atoms with E-state index in [2.05, 4.69) is 10.3 Å². The summed E-state index contributed by atoms with van der Waals surface area (Å²) >= 11 is 0.767. The summed E-state index contributed by atoms with van der Waals surface area (Å²) in [7, 11) is 0. The number of carbonyl (C=O) groups is 3. The van der Waals surface area contributed by atoms with Crippen molar-refractivity contribution in [2.45, 2.75) is 18.4 Å². The summed E-state index contributed by atoms with van der Waals surface area (Å²) in [6.07, 6.45) is 5.29. The molecular formula is C20H15F2N3O3S. The number of pyridine rings is 1. The smallest absolute Gasteiger partial charge is 0.294 e. The quantitative estimate of drug-likeness (QED) is 0.760. The topological polar surface area (TPSA) is 79.4 Å². The van der Waals surface area contributed by atoms with Crippen LogP contribution in [-0.2, 0) is 9.59 Å². The van der Waals surface area contributed by atoms with E-state index in [1.165, 1.54) is 6.07 Å². The van der Waals surface area contributed by atoms with E-state index in [1.54, 1.807) is 30.6 Å². The maximum absolute atomic E-state index is 13.4. The van der Waals surface area contributed by atoms with Crippen LogP contribution < -0.4 is 5.32 Å². The Bertz CT molecular complexity index is 1030. The molecule has 1 aliphatic heterocycles. The van der Waals surface area contributed by atoms with Crippen LogP contribution >= 0.6 is 11.8 Å². The normalized spacial score (nSPS) is 22.3. The Morgan fingerprint density at radius 2 is 2.10 bits per heavy atom. The fourth-order valence-electron chi connectivity index (χ4n) is 3.11. The summed E-state index contributed by atoms with van der Waals surface area (Å²) in [6.45, 7) is -0.393. The summed E-state index contributed by atoms with van der Waals surface area (Å²) < 4.78 is 26.4. The third-order valence-corrected chi connectivity index (χ3v) is 5.57. The number of imide groups is 1. The zero-order valence-corrected chi connectivity index (χ0v) is 15.8. The van der Waals surface area contributed by atoms with Crippen molar-refractivity contribution in [2.24, 2.45) is 0 Å². The van der Waals surface area contributed by atoms with Gasteiger partial charge in [-0.05, 0) is 53.6 Å². The molecule has 6 nitrogen and oxygen atoms in total. The molecule has 0 unspecified atom stereocenters. The second-order valence-electron chi connectivity index (χ2n) is 6.74. The first-order valence-electron chi connectivity index (χ1n) is 8.82. The van der Waals surface area contributed by atoms with Gasteiger partial charge in [-0.2, -0.15) is 0 Å². The van der Waals surface area contributed by atoms with Gasteiger partial charge in [-0.1, -0.05) is 12.1 Å². The molecule has 2 atom stereocenters. The van der Waals surface area contributed by atoms with Crippen molar-refractivity contribution in [1.29, 1.82) is 0 Å². The molecule has 1 N–H and O–H groups in total. The summed E-state index contributed by atoms with van der Waals surface area (Å²) in [5, 5.41) is 2.21. The molecule has 1 saturated heterocycles. The molecule has 2 aromatic rings. The fourth-order valence-corrected chi connectivity index (χ4v) is 3.95. The number of carbonyl (C=O) groups excluding carboxylic acids is 3. The Labute approximate surface area is 169 Å². The molecule has 3 amide bonds. The van der Waals surface area contributed by atoms with Crippen LogP contribution in [0.25, 0.3) is 6.08 Å². The highest BCUT2D eigenvalue weighted by Crippen LogP contribution is 2.41. The first-order chi connectivity index (χ1) is 13.9. The third-order valence-electron chi connectivity index (χ3n) is 4.67. The number of benzene rings is 1. The molecule has 2 fully saturated rings. The van der Waals surface area contributed by atoms with Crippen molar-refractivity contribution in [3.63, 3.8) is 0 Å². The molecule has 1 aliphatic carbocycles. The second-order valence-corrected chi connectivity index (χ2v) is 7.74. The van der Waals surface area contributed by atoms with E-state index in [-0.39, 0.29) is 16.9 Å². The van der Waals surface area contributed by atoms with Crippen LogP contribution in [0.5, 0.6) is 0 Å². The number of thioether (sulfide) groups is 1. The van der Waals surface area contributed by atoms with Crippen LogP contribution in [0.3, 0.4) is 0 Å². The minimum absolute atomic E-state index is 0.116. The molecular weight excluding hydrogens is 400 g/mol. The monoisotopic (exact) mass is 415 g/mol. The van der Waals surface area contributed by atoms with Crippen LogP contribution in [-0.4, -0.2) is 39.5 Å². The lowest BCUT2D eigenvalue weighted by Crippen LogP contribution is -2.40. The number of halogens is 2. The van der Waals surface area contributed by atoms with Crippen LogP contribution in [0.2, 0.25) is 0 Å². The van der Waals surface area contributed by atoms with Gasteiger partial charge in [0, 0.05) is 24.4 Å². The Hall–Kier alpha value is -3.07. The predicted octanol–water partition coefficient (Wildman–Crippen LogP) is 3.07. The van der Waals surface area contributed by atoms with Crippen molar-refractivity contribution < 1.29 is 23.2 Å². The maximum Gasteiger partial charge on any atom is 0.294 e. The van der Waals surface area contributed by atoms with E-state index >= 15 is 0 Å². The first-order valence-corrected chi connectivity index (χ1v) is 9.64. The van der Waals surface area contributed by atoms with Crippen LogP contribution in [0, 0.1) is 11.6 Å². The molecule has 2 aliphatic rings. The molecule has 2 heterocycles. The van der Waals surface area contributed by atoms with E-state index in [0.717, 1.165) is 28.8 Å². The Balaban J connectivity index is 1.35. The summed E-state index contributed by atoms with van der Waals surface area (Å²) in [5.74, 6) is -2.99. The largest absolute Gasteiger partial charge is 0.351 e. The lowest BCUT2D eigenvalue weighted by molar-refractivity contribution is -0.129. The van der Waals surface area contributed by atoms with E-state index in [9.17, 15) is 23.2 Å². The number of amides is 3. The van der Waals surface area contributed by atoms with Crippen molar-refractivity contribution in [2.75, 3.05) is 6.54 Å².